The van der Waals surface area contributed by atoms with Crippen LogP contribution in [0.1, 0.15) is 36.8 Å². The van der Waals surface area contributed by atoms with Crippen LogP contribution < -0.4 is 21.9 Å². The quantitative estimate of drug-likeness (QED) is 0.302. The van der Waals surface area contributed by atoms with Gasteiger partial charge in [0.2, 0.25) is 5.95 Å². The lowest BCUT2D eigenvalue weighted by Crippen LogP contribution is -2.49. The fourth-order valence-corrected chi connectivity index (χ4v) is 3.16. The van der Waals surface area contributed by atoms with Gasteiger partial charge in [0.15, 0.2) is 16.9 Å². The van der Waals surface area contributed by atoms with Crippen molar-refractivity contribution in [1.29, 1.82) is 0 Å². The zero-order valence-electron chi connectivity index (χ0n) is 18.8. The van der Waals surface area contributed by atoms with E-state index in [2.05, 4.69) is 30.6 Å². The number of amides is 1. The zero-order valence-corrected chi connectivity index (χ0v) is 18.8. The Hall–Kier alpha value is -4.35. The maximum absolute atomic E-state index is 12.6. The fraction of sp³-hybridized carbons (Fsp3) is 0.318. The van der Waals surface area contributed by atoms with E-state index in [9.17, 15) is 24.3 Å². The summed E-state index contributed by atoms with van der Waals surface area (Å²) in [7, 11) is 0. The molecule has 0 saturated heterocycles. The minimum Gasteiger partial charge on any atom is -0.481 e. The van der Waals surface area contributed by atoms with E-state index in [1.54, 1.807) is 38.1 Å². The number of rotatable bonds is 9. The summed E-state index contributed by atoms with van der Waals surface area (Å²) in [6.45, 7) is 4.94. The molecule has 1 amide bonds. The summed E-state index contributed by atoms with van der Waals surface area (Å²) in [5.41, 5.74) is 6.65. The Kier molecular flexibility index (Phi) is 7.19. The van der Waals surface area contributed by atoms with Crippen molar-refractivity contribution >= 4 is 40.5 Å². The van der Waals surface area contributed by atoms with Crippen molar-refractivity contribution < 1.29 is 19.5 Å². The van der Waals surface area contributed by atoms with Gasteiger partial charge in [-0.25, -0.2) is 9.97 Å². The molecule has 6 N–H and O–H groups in total. The Morgan fingerprint density at radius 1 is 1.12 bits per heavy atom. The van der Waals surface area contributed by atoms with Crippen LogP contribution in [0.4, 0.5) is 11.6 Å². The summed E-state index contributed by atoms with van der Waals surface area (Å²) in [6.07, 6.45) is 1.47. The predicted octanol–water partition coefficient (Wildman–Crippen LogP) is 0.952. The van der Waals surface area contributed by atoms with Gasteiger partial charge in [0.05, 0.1) is 24.4 Å². The largest absolute Gasteiger partial charge is 0.481 e. The molecular weight excluding hydrogens is 442 g/mol. The van der Waals surface area contributed by atoms with Crippen LogP contribution in [-0.4, -0.2) is 48.7 Å². The van der Waals surface area contributed by atoms with Gasteiger partial charge in [-0.1, -0.05) is 13.8 Å². The Morgan fingerprint density at radius 2 is 1.79 bits per heavy atom. The monoisotopic (exact) mass is 467 g/mol. The maximum Gasteiger partial charge on any atom is 0.308 e. The van der Waals surface area contributed by atoms with E-state index in [0.717, 1.165) is 0 Å². The highest BCUT2D eigenvalue weighted by atomic mass is 16.4. The lowest BCUT2D eigenvalue weighted by atomic mass is 9.91. The molecule has 0 radical (unpaired) electrons. The highest BCUT2D eigenvalue weighted by Crippen LogP contribution is 2.14. The number of hydrogen-bond donors (Lipinski definition) is 5. The van der Waals surface area contributed by atoms with Crippen LogP contribution in [0, 0.1) is 11.8 Å². The van der Waals surface area contributed by atoms with Crippen molar-refractivity contribution in [2.24, 2.45) is 11.8 Å². The Balaban J connectivity index is 1.68. The average molecular weight is 467 g/mol. The number of anilines is 2. The molecule has 0 aliphatic rings. The molecule has 3 aromatic rings. The van der Waals surface area contributed by atoms with Crippen LogP contribution in [0.3, 0.4) is 0 Å². The summed E-state index contributed by atoms with van der Waals surface area (Å²) in [5, 5.41) is 14.9. The summed E-state index contributed by atoms with van der Waals surface area (Å²) < 4.78 is 0. The van der Waals surface area contributed by atoms with Crippen LogP contribution in [0.5, 0.6) is 0 Å². The lowest BCUT2D eigenvalue weighted by molar-refractivity contribution is -0.144. The number of nitrogen functional groups attached to an aromatic ring is 1. The molecule has 34 heavy (non-hydrogen) atoms. The number of aromatic nitrogens is 4. The molecule has 1 aromatic carbocycles. The van der Waals surface area contributed by atoms with Gasteiger partial charge in [0.1, 0.15) is 6.04 Å². The summed E-state index contributed by atoms with van der Waals surface area (Å²) in [4.78, 5) is 63.0. The minimum atomic E-state index is -1.17. The number of Topliss-reactive ketones (excluding diaryl/α,β-unsaturated/α-hetero) is 1. The van der Waals surface area contributed by atoms with E-state index < -0.39 is 35.3 Å². The van der Waals surface area contributed by atoms with Gasteiger partial charge >= 0.3 is 5.97 Å². The van der Waals surface area contributed by atoms with Gasteiger partial charge in [0.25, 0.3) is 11.5 Å². The first kappa shape index (κ1) is 24.3. The number of nitrogens with two attached hydrogens (primary N) is 1. The third-order valence-corrected chi connectivity index (χ3v) is 5.16. The average Bonchev–Trinajstić information content (AvgIpc) is 2.80. The number of benzene rings is 1. The number of carbonyl (C=O) groups is 3. The molecule has 12 nitrogen and oxygen atoms in total. The van der Waals surface area contributed by atoms with Crippen molar-refractivity contribution in [1.82, 2.24) is 25.3 Å². The number of fused-ring (bicyclic) bond motifs is 1. The Morgan fingerprint density at radius 3 is 2.41 bits per heavy atom. The molecule has 0 spiro atoms. The van der Waals surface area contributed by atoms with Gasteiger partial charge in [-0.3, -0.25) is 24.2 Å². The topological polar surface area (TPSA) is 193 Å². The number of carboxylic acid groups (broad SMARTS) is 1. The molecule has 2 aromatic heterocycles. The number of carbonyl (C=O) groups excluding carboxylic acids is 2. The number of carboxylic acids is 1. The molecule has 178 valence electrons. The van der Waals surface area contributed by atoms with Gasteiger partial charge < -0.3 is 21.5 Å². The van der Waals surface area contributed by atoms with Crippen LogP contribution in [-0.2, 0) is 16.1 Å². The minimum absolute atomic E-state index is 0.0425. The number of H-pyrrole nitrogens is 1. The van der Waals surface area contributed by atoms with E-state index in [1.807, 2.05) is 0 Å². The van der Waals surface area contributed by atoms with E-state index in [4.69, 9.17) is 5.73 Å². The van der Waals surface area contributed by atoms with Crippen LogP contribution in [0.15, 0.2) is 35.3 Å². The van der Waals surface area contributed by atoms with E-state index in [0.29, 0.717) is 11.4 Å². The molecular formula is C22H25N7O5. The van der Waals surface area contributed by atoms with Crippen LogP contribution >= 0.6 is 0 Å². The predicted molar refractivity (Wildman–Crippen MR) is 124 cm³/mol. The molecule has 12 heteroatoms. The summed E-state index contributed by atoms with van der Waals surface area (Å²) in [5.74, 6) is -3.61. The zero-order chi connectivity index (χ0) is 25.0. The second-order valence-electron chi connectivity index (χ2n) is 8.05. The van der Waals surface area contributed by atoms with E-state index in [-0.39, 0.29) is 35.0 Å². The third kappa shape index (κ3) is 5.52. The highest BCUT2D eigenvalue weighted by Gasteiger charge is 2.32. The number of nitrogens with one attached hydrogen (secondary N) is 3. The van der Waals surface area contributed by atoms with Crippen molar-refractivity contribution in [3.63, 3.8) is 0 Å². The van der Waals surface area contributed by atoms with Crippen molar-refractivity contribution in [3.8, 4) is 0 Å². The molecule has 0 aliphatic carbocycles. The van der Waals surface area contributed by atoms with Gasteiger partial charge in [-0.2, -0.15) is 4.98 Å². The molecule has 2 atom stereocenters. The number of hydrogen-bond acceptors (Lipinski definition) is 9. The summed E-state index contributed by atoms with van der Waals surface area (Å²) in [6, 6.07) is 5.26. The third-order valence-electron chi connectivity index (χ3n) is 5.16. The number of ketones is 1. The van der Waals surface area contributed by atoms with Crippen molar-refractivity contribution in [3.05, 3.63) is 52.1 Å². The number of aromatic amines is 1. The standard InChI is InChI=1S/C22H25N7O5/c1-10(2)17(30)15(11(3)21(33)34)27-19(31)12-4-6-13(7-5-12)24-8-14-9-25-18-16(26-14)20(32)29-22(23)28-18/h4-7,9-11,15,24H,8H2,1-3H3,(H,27,31)(H,33,34)(H3,23,25,28,29,32). The molecule has 0 aliphatic heterocycles. The summed E-state index contributed by atoms with van der Waals surface area (Å²) >= 11 is 0. The van der Waals surface area contributed by atoms with Gasteiger partial charge in [-0.05, 0) is 31.2 Å². The highest BCUT2D eigenvalue weighted by molar-refractivity contribution is 6.00. The Labute approximate surface area is 194 Å². The van der Waals surface area contributed by atoms with Crippen molar-refractivity contribution in [2.75, 3.05) is 11.1 Å². The van der Waals surface area contributed by atoms with Crippen LogP contribution in [0.2, 0.25) is 0 Å². The maximum atomic E-state index is 12.6. The van der Waals surface area contributed by atoms with Gasteiger partial charge in [0, 0.05) is 17.2 Å². The van der Waals surface area contributed by atoms with Crippen molar-refractivity contribution in [2.45, 2.75) is 33.4 Å². The molecule has 2 heterocycles. The molecule has 3 rings (SSSR count). The normalized spacial score (nSPS) is 12.8. The molecule has 2 unspecified atom stereocenters. The molecule has 0 fully saturated rings. The van der Waals surface area contributed by atoms with Gasteiger partial charge in [-0.15, -0.1) is 0 Å². The number of aliphatic carboxylic acids is 1. The van der Waals surface area contributed by atoms with E-state index in [1.165, 1.54) is 13.1 Å². The number of nitrogens with zero attached hydrogens (tertiary/aromatic N) is 3. The fourth-order valence-electron chi connectivity index (χ4n) is 3.16. The lowest BCUT2D eigenvalue weighted by Gasteiger charge is -2.23. The molecule has 0 bridgehead atoms. The first-order valence-electron chi connectivity index (χ1n) is 10.5. The SMILES string of the molecule is CC(C)C(=O)C(NC(=O)c1ccc(NCc2cnc3nc(N)[nH]c(=O)c3n2)cc1)C(C)C(=O)O. The second-order valence-corrected chi connectivity index (χ2v) is 8.05. The van der Waals surface area contributed by atoms with Crippen LogP contribution in [0.25, 0.3) is 11.2 Å². The van der Waals surface area contributed by atoms with E-state index >= 15 is 0 Å². The molecule has 0 saturated carbocycles. The first-order valence-corrected chi connectivity index (χ1v) is 10.5. The smallest absolute Gasteiger partial charge is 0.308 e. The second kappa shape index (κ2) is 10.1. The first-order chi connectivity index (χ1) is 16.1. The Bertz CT molecular complexity index is 1290.